The Morgan fingerprint density at radius 1 is 1.62 bits per heavy atom. The Morgan fingerprint density at radius 3 is 2.88 bits per heavy atom. The highest BCUT2D eigenvalue weighted by atomic mass is 16.5. The molecule has 1 heterocycles. The van der Waals surface area contributed by atoms with Crippen molar-refractivity contribution in [3.63, 3.8) is 0 Å². The third kappa shape index (κ3) is 1.49. The van der Waals surface area contributed by atoms with Gasteiger partial charge in [-0.25, -0.2) is 0 Å². The van der Waals surface area contributed by atoms with E-state index in [1.165, 1.54) is 0 Å². The van der Waals surface area contributed by atoms with Gasteiger partial charge < -0.3 is 9.39 Å². The average Bonchev–Trinajstić information content (AvgIpc) is 1.90. The third-order valence-electron chi connectivity index (χ3n) is 1.31. The molecule has 2 radical (unpaired) electrons. The number of ether oxygens (including phenoxy) is 1. The van der Waals surface area contributed by atoms with Gasteiger partial charge in [0.1, 0.15) is 0 Å². The first-order chi connectivity index (χ1) is 3.93. The maximum atomic E-state index is 5.07. The van der Waals surface area contributed by atoms with Crippen LogP contribution < -0.4 is 0 Å². The Labute approximate surface area is 50.6 Å². The standard InChI is InChI=1S/C5H9BO2/c6-8-5-2-1-3-7-4-5/h5H,1-4H2/t5-/m1/s1. The van der Waals surface area contributed by atoms with E-state index in [0.29, 0.717) is 6.61 Å². The van der Waals surface area contributed by atoms with Gasteiger partial charge in [-0.05, 0) is 12.8 Å². The van der Waals surface area contributed by atoms with Gasteiger partial charge in [0.2, 0.25) is 0 Å². The molecule has 44 valence electrons. The normalized spacial score (nSPS) is 30.2. The van der Waals surface area contributed by atoms with Crippen LogP contribution in [0, 0.1) is 0 Å². The van der Waals surface area contributed by atoms with Gasteiger partial charge in [-0.15, -0.1) is 0 Å². The molecule has 1 saturated heterocycles. The van der Waals surface area contributed by atoms with Crippen LogP contribution in [0.15, 0.2) is 0 Å². The highest BCUT2D eigenvalue weighted by Gasteiger charge is 2.10. The molecule has 0 bridgehead atoms. The molecule has 0 N–H and O–H groups in total. The van der Waals surface area contributed by atoms with Gasteiger partial charge in [-0.2, -0.15) is 0 Å². The van der Waals surface area contributed by atoms with Crippen molar-refractivity contribution in [1.82, 2.24) is 0 Å². The Morgan fingerprint density at radius 2 is 2.50 bits per heavy atom. The second kappa shape index (κ2) is 3.10. The van der Waals surface area contributed by atoms with Crippen LogP contribution in [0.5, 0.6) is 0 Å². The van der Waals surface area contributed by atoms with E-state index in [4.69, 9.17) is 12.8 Å². The maximum absolute atomic E-state index is 5.07. The molecule has 0 amide bonds. The summed E-state index contributed by atoms with van der Waals surface area (Å²) in [5, 5.41) is 0. The SMILES string of the molecule is [B]O[C@@H]1CCCOC1. The van der Waals surface area contributed by atoms with E-state index in [0.717, 1.165) is 19.4 Å². The van der Waals surface area contributed by atoms with E-state index in [1.54, 1.807) is 0 Å². The smallest absolute Gasteiger partial charge is 0.283 e. The molecule has 0 spiro atoms. The van der Waals surface area contributed by atoms with Gasteiger partial charge in [0, 0.05) is 6.61 Å². The first kappa shape index (κ1) is 6.11. The molecular formula is C5H9BO2. The molecule has 1 fully saturated rings. The van der Waals surface area contributed by atoms with Crippen LogP contribution in [0.4, 0.5) is 0 Å². The molecular weight excluding hydrogens is 103 g/mol. The van der Waals surface area contributed by atoms with E-state index in [2.05, 4.69) is 4.65 Å². The zero-order chi connectivity index (χ0) is 5.82. The van der Waals surface area contributed by atoms with Crippen molar-refractivity contribution in [2.75, 3.05) is 13.2 Å². The van der Waals surface area contributed by atoms with Crippen molar-refractivity contribution in [2.24, 2.45) is 0 Å². The van der Waals surface area contributed by atoms with E-state index in [1.807, 2.05) is 0 Å². The summed E-state index contributed by atoms with van der Waals surface area (Å²) in [6.45, 7) is 1.52. The quantitative estimate of drug-likeness (QED) is 0.453. The number of hydrogen-bond donors (Lipinski definition) is 0. The molecule has 0 aromatic rings. The lowest BCUT2D eigenvalue weighted by molar-refractivity contribution is 0.0111. The van der Waals surface area contributed by atoms with Crippen LogP contribution in [0.2, 0.25) is 0 Å². The van der Waals surface area contributed by atoms with Crippen LogP contribution in [0.3, 0.4) is 0 Å². The Hall–Kier alpha value is -0.0151. The molecule has 1 aliphatic rings. The summed E-state index contributed by atoms with van der Waals surface area (Å²) in [5.74, 6) is 0. The van der Waals surface area contributed by atoms with Crippen molar-refractivity contribution in [3.8, 4) is 0 Å². The van der Waals surface area contributed by atoms with Gasteiger partial charge in [-0.3, -0.25) is 0 Å². The summed E-state index contributed by atoms with van der Waals surface area (Å²) >= 11 is 0. The van der Waals surface area contributed by atoms with Crippen molar-refractivity contribution in [3.05, 3.63) is 0 Å². The fourth-order valence-electron chi connectivity index (χ4n) is 0.819. The molecule has 1 aliphatic heterocycles. The van der Waals surface area contributed by atoms with Crippen molar-refractivity contribution in [1.29, 1.82) is 0 Å². The predicted molar refractivity (Wildman–Crippen MR) is 30.7 cm³/mol. The van der Waals surface area contributed by atoms with Crippen molar-refractivity contribution >= 4 is 8.05 Å². The summed E-state index contributed by atoms with van der Waals surface area (Å²) in [6.07, 6.45) is 2.25. The molecule has 1 rings (SSSR count). The lowest BCUT2D eigenvalue weighted by atomic mass is 10.2. The second-order valence-electron chi connectivity index (χ2n) is 1.98. The van der Waals surface area contributed by atoms with E-state index >= 15 is 0 Å². The van der Waals surface area contributed by atoms with Crippen LogP contribution in [-0.2, 0) is 9.39 Å². The largest absolute Gasteiger partial charge is 0.443 e. The Bertz CT molecular complexity index is 61.4. The summed E-state index contributed by atoms with van der Waals surface area (Å²) in [4.78, 5) is 0. The first-order valence-electron chi connectivity index (χ1n) is 2.87. The fraction of sp³-hybridized carbons (Fsp3) is 1.00. The van der Waals surface area contributed by atoms with Gasteiger partial charge in [0.05, 0.1) is 12.7 Å². The lowest BCUT2D eigenvalue weighted by Crippen LogP contribution is -2.24. The van der Waals surface area contributed by atoms with Crippen LogP contribution in [-0.4, -0.2) is 27.4 Å². The monoisotopic (exact) mass is 112 g/mol. The highest BCUT2D eigenvalue weighted by molar-refractivity contribution is 5.98. The lowest BCUT2D eigenvalue weighted by Gasteiger charge is -2.20. The van der Waals surface area contributed by atoms with Gasteiger partial charge in [0.25, 0.3) is 8.05 Å². The zero-order valence-corrected chi connectivity index (χ0v) is 4.80. The molecule has 1 atom stereocenters. The highest BCUT2D eigenvalue weighted by Crippen LogP contribution is 2.07. The van der Waals surface area contributed by atoms with Crippen molar-refractivity contribution in [2.45, 2.75) is 18.9 Å². The second-order valence-corrected chi connectivity index (χ2v) is 1.98. The van der Waals surface area contributed by atoms with Crippen molar-refractivity contribution < 1.29 is 9.39 Å². The third-order valence-corrected chi connectivity index (χ3v) is 1.31. The van der Waals surface area contributed by atoms with E-state index in [-0.39, 0.29) is 6.10 Å². The average molecular weight is 112 g/mol. The molecule has 0 saturated carbocycles. The molecule has 2 nitrogen and oxygen atoms in total. The minimum atomic E-state index is 0.142. The van der Waals surface area contributed by atoms with Crippen LogP contribution in [0.25, 0.3) is 0 Å². The number of rotatable bonds is 1. The molecule has 0 aromatic heterocycles. The first-order valence-corrected chi connectivity index (χ1v) is 2.87. The molecule has 0 unspecified atom stereocenters. The summed E-state index contributed by atoms with van der Waals surface area (Å²) in [6, 6.07) is 0. The summed E-state index contributed by atoms with van der Waals surface area (Å²) in [5.41, 5.74) is 0. The molecule has 3 heteroatoms. The van der Waals surface area contributed by atoms with Gasteiger partial charge in [0.15, 0.2) is 0 Å². The molecule has 8 heavy (non-hydrogen) atoms. The van der Waals surface area contributed by atoms with Gasteiger partial charge >= 0.3 is 0 Å². The van der Waals surface area contributed by atoms with E-state index < -0.39 is 0 Å². The maximum Gasteiger partial charge on any atom is 0.283 e. The van der Waals surface area contributed by atoms with Gasteiger partial charge in [-0.1, -0.05) is 0 Å². The Kier molecular flexibility index (Phi) is 2.37. The molecule has 0 aliphatic carbocycles. The minimum Gasteiger partial charge on any atom is -0.443 e. The van der Waals surface area contributed by atoms with Crippen LogP contribution in [0.1, 0.15) is 12.8 Å². The summed E-state index contributed by atoms with van der Waals surface area (Å²) in [7, 11) is 4.92. The molecule has 0 aromatic carbocycles. The fourth-order valence-corrected chi connectivity index (χ4v) is 0.819. The Balaban J connectivity index is 2.13. The minimum absolute atomic E-state index is 0.142. The van der Waals surface area contributed by atoms with Crippen LogP contribution >= 0.6 is 0 Å². The topological polar surface area (TPSA) is 18.5 Å². The zero-order valence-electron chi connectivity index (χ0n) is 4.80. The summed E-state index contributed by atoms with van der Waals surface area (Å²) < 4.78 is 9.63. The number of hydrogen-bond acceptors (Lipinski definition) is 2. The van der Waals surface area contributed by atoms with E-state index in [9.17, 15) is 0 Å². The predicted octanol–water partition coefficient (Wildman–Crippen LogP) is 0.265.